The van der Waals surface area contributed by atoms with E-state index in [0.29, 0.717) is 37.5 Å². The molecule has 0 radical (unpaired) electrons. The Balaban J connectivity index is 1.49. The Kier molecular flexibility index (Phi) is 8.76. The number of amides is 1. The van der Waals surface area contributed by atoms with E-state index in [1.807, 2.05) is 0 Å². The minimum absolute atomic E-state index is 0.0711. The van der Waals surface area contributed by atoms with E-state index in [1.54, 1.807) is 37.3 Å². The van der Waals surface area contributed by atoms with E-state index in [4.69, 9.17) is 14.2 Å². The summed E-state index contributed by atoms with van der Waals surface area (Å²) in [6.45, 7) is 2.66. The lowest BCUT2D eigenvalue weighted by atomic mass is 9.77. The number of aldehydes is 1. The summed E-state index contributed by atoms with van der Waals surface area (Å²) in [6, 6.07) is 9.22. The molecule has 0 saturated carbocycles. The highest BCUT2D eigenvalue weighted by Gasteiger charge is 2.29. The maximum absolute atomic E-state index is 12.1. The SMILES string of the molecule is COc1cc(CCN(CCCN(C)C[C@H]2Cc3cc(OC)c(OC)cc32)C(=O)C=O)ccc1O. The third-order valence-electron chi connectivity index (χ3n) is 6.38. The first kappa shape index (κ1) is 25.4. The molecule has 34 heavy (non-hydrogen) atoms. The van der Waals surface area contributed by atoms with Crippen molar-refractivity contribution >= 4 is 12.2 Å². The largest absolute Gasteiger partial charge is 0.504 e. The van der Waals surface area contributed by atoms with Gasteiger partial charge in [-0.1, -0.05) is 6.07 Å². The van der Waals surface area contributed by atoms with Gasteiger partial charge in [0.2, 0.25) is 6.29 Å². The first-order valence-electron chi connectivity index (χ1n) is 11.4. The smallest absolute Gasteiger partial charge is 0.286 e. The molecule has 1 amide bonds. The van der Waals surface area contributed by atoms with Crippen LogP contribution in [0.15, 0.2) is 30.3 Å². The fraction of sp³-hybridized carbons (Fsp3) is 0.462. The van der Waals surface area contributed by atoms with Gasteiger partial charge in [-0.2, -0.15) is 0 Å². The van der Waals surface area contributed by atoms with Crippen LogP contribution >= 0.6 is 0 Å². The number of benzene rings is 2. The van der Waals surface area contributed by atoms with Gasteiger partial charge in [0.15, 0.2) is 23.0 Å². The molecule has 0 spiro atoms. The van der Waals surface area contributed by atoms with E-state index in [2.05, 4.69) is 24.1 Å². The lowest BCUT2D eigenvalue weighted by Crippen LogP contribution is -2.37. The van der Waals surface area contributed by atoms with Crippen molar-refractivity contribution in [3.63, 3.8) is 0 Å². The number of hydrogen-bond acceptors (Lipinski definition) is 7. The second-order valence-electron chi connectivity index (χ2n) is 8.62. The Hall–Kier alpha value is -3.26. The molecule has 8 nitrogen and oxygen atoms in total. The van der Waals surface area contributed by atoms with Crippen LogP contribution in [0.1, 0.15) is 29.0 Å². The Labute approximate surface area is 201 Å². The molecule has 3 rings (SSSR count). The average Bonchev–Trinajstić information content (AvgIpc) is 2.84. The fourth-order valence-electron chi connectivity index (χ4n) is 4.45. The molecular formula is C26H34N2O6. The van der Waals surface area contributed by atoms with Crippen LogP contribution in [0, 0.1) is 0 Å². The number of carbonyl (C=O) groups excluding carboxylic acids is 2. The molecule has 0 saturated heterocycles. The van der Waals surface area contributed by atoms with Crippen LogP contribution in [0.4, 0.5) is 0 Å². The fourth-order valence-corrected chi connectivity index (χ4v) is 4.45. The van der Waals surface area contributed by atoms with Crippen LogP contribution in [0.2, 0.25) is 0 Å². The normalized spacial score (nSPS) is 14.2. The summed E-state index contributed by atoms with van der Waals surface area (Å²) in [5, 5.41) is 9.74. The summed E-state index contributed by atoms with van der Waals surface area (Å²) in [5.74, 6) is 1.91. The van der Waals surface area contributed by atoms with Crippen molar-refractivity contribution in [1.29, 1.82) is 0 Å². The van der Waals surface area contributed by atoms with E-state index < -0.39 is 5.91 Å². The first-order valence-corrected chi connectivity index (χ1v) is 11.4. The lowest BCUT2D eigenvalue weighted by molar-refractivity contribution is -0.138. The van der Waals surface area contributed by atoms with E-state index >= 15 is 0 Å². The molecule has 1 atom stereocenters. The van der Waals surface area contributed by atoms with Gasteiger partial charge in [0.05, 0.1) is 21.3 Å². The quantitative estimate of drug-likeness (QED) is 0.356. The molecule has 8 heteroatoms. The Morgan fingerprint density at radius 2 is 1.74 bits per heavy atom. The number of carbonyl (C=O) groups is 2. The molecule has 0 heterocycles. The minimum atomic E-state index is -0.512. The van der Waals surface area contributed by atoms with Crippen molar-refractivity contribution in [3.05, 3.63) is 47.0 Å². The molecule has 2 aromatic carbocycles. The van der Waals surface area contributed by atoms with E-state index in [1.165, 1.54) is 18.2 Å². The summed E-state index contributed by atoms with van der Waals surface area (Å²) in [7, 11) is 6.86. The van der Waals surface area contributed by atoms with Gasteiger partial charge in [-0.05, 0) is 73.8 Å². The Bertz CT molecular complexity index is 1010. The van der Waals surface area contributed by atoms with E-state index in [0.717, 1.165) is 43.0 Å². The topological polar surface area (TPSA) is 88.5 Å². The van der Waals surface area contributed by atoms with Crippen LogP contribution in [0.3, 0.4) is 0 Å². The number of fused-ring (bicyclic) bond motifs is 1. The zero-order chi connectivity index (χ0) is 24.7. The predicted octanol–water partition coefficient (Wildman–Crippen LogP) is 2.65. The highest BCUT2D eigenvalue weighted by atomic mass is 16.5. The predicted molar refractivity (Wildman–Crippen MR) is 129 cm³/mol. The molecule has 0 aliphatic heterocycles. The maximum Gasteiger partial charge on any atom is 0.286 e. The monoisotopic (exact) mass is 470 g/mol. The summed E-state index contributed by atoms with van der Waals surface area (Å²) >= 11 is 0. The van der Waals surface area contributed by atoms with Crippen LogP contribution in [0.25, 0.3) is 0 Å². The number of ether oxygens (including phenoxy) is 3. The van der Waals surface area contributed by atoms with Gasteiger partial charge in [-0.15, -0.1) is 0 Å². The Morgan fingerprint density at radius 1 is 1.03 bits per heavy atom. The maximum atomic E-state index is 12.1. The van der Waals surface area contributed by atoms with Gasteiger partial charge in [-0.25, -0.2) is 0 Å². The number of phenolic OH excluding ortho intramolecular Hbond substituents is 1. The molecule has 1 N–H and O–H groups in total. The summed E-state index contributed by atoms with van der Waals surface area (Å²) in [4.78, 5) is 27.1. The molecule has 0 bridgehead atoms. The molecule has 0 aromatic heterocycles. The molecular weight excluding hydrogens is 436 g/mol. The highest BCUT2D eigenvalue weighted by Crippen LogP contribution is 2.42. The minimum Gasteiger partial charge on any atom is -0.504 e. The van der Waals surface area contributed by atoms with Gasteiger partial charge in [0, 0.05) is 25.6 Å². The third kappa shape index (κ3) is 5.99. The standard InChI is InChI=1S/C26H34N2O6/c1-27(16-20-13-19-14-24(33-3)25(34-4)15-21(19)20)9-5-10-28(26(31)17-29)11-8-18-6-7-22(30)23(12-18)32-2/h6-7,12,14-15,17,20,30H,5,8-11,13,16H2,1-4H3/t20-/m1/s1. The number of aromatic hydroxyl groups is 1. The van der Waals surface area contributed by atoms with Crippen molar-refractivity contribution < 1.29 is 28.9 Å². The first-order chi connectivity index (χ1) is 16.4. The molecule has 1 aliphatic rings. The van der Waals surface area contributed by atoms with Crippen LogP contribution in [-0.2, 0) is 22.4 Å². The number of hydrogen-bond donors (Lipinski definition) is 1. The number of rotatable bonds is 13. The van der Waals surface area contributed by atoms with Crippen molar-refractivity contribution in [2.24, 2.45) is 0 Å². The zero-order valence-corrected chi connectivity index (χ0v) is 20.4. The average molecular weight is 471 g/mol. The van der Waals surface area contributed by atoms with Crippen LogP contribution < -0.4 is 14.2 Å². The summed E-state index contributed by atoms with van der Waals surface area (Å²) in [6.07, 6.45) is 2.71. The molecule has 1 aliphatic carbocycles. The van der Waals surface area contributed by atoms with Crippen molar-refractivity contribution in [2.75, 3.05) is 54.6 Å². The summed E-state index contributed by atoms with van der Waals surface area (Å²) < 4.78 is 16.0. The number of likely N-dealkylation sites (N-methyl/N-ethyl adjacent to an activating group) is 1. The number of nitrogens with zero attached hydrogens (tertiary/aromatic N) is 2. The second kappa shape index (κ2) is 11.7. The van der Waals surface area contributed by atoms with Gasteiger partial charge in [-0.3, -0.25) is 9.59 Å². The zero-order valence-electron chi connectivity index (χ0n) is 20.4. The van der Waals surface area contributed by atoms with Crippen molar-refractivity contribution in [1.82, 2.24) is 9.80 Å². The van der Waals surface area contributed by atoms with Crippen LogP contribution in [-0.4, -0.2) is 81.7 Å². The van der Waals surface area contributed by atoms with E-state index in [9.17, 15) is 14.7 Å². The Morgan fingerprint density at radius 3 is 2.41 bits per heavy atom. The molecule has 0 unspecified atom stereocenters. The molecule has 2 aromatic rings. The van der Waals surface area contributed by atoms with Gasteiger partial charge in [0.25, 0.3) is 5.91 Å². The molecule has 0 fully saturated rings. The van der Waals surface area contributed by atoms with Gasteiger partial charge >= 0.3 is 0 Å². The number of phenols is 1. The van der Waals surface area contributed by atoms with Crippen LogP contribution in [0.5, 0.6) is 23.0 Å². The molecule has 184 valence electrons. The van der Waals surface area contributed by atoms with Gasteiger partial charge in [0.1, 0.15) is 0 Å². The second-order valence-corrected chi connectivity index (χ2v) is 8.62. The van der Waals surface area contributed by atoms with Gasteiger partial charge < -0.3 is 29.1 Å². The summed E-state index contributed by atoms with van der Waals surface area (Å²) in [5.41, 5.74) is 3.52. The highest BCUT2D eigenvalue weighted by molar-refractivity contribution is 6.23. The van der Waals surface area contributed by atoms with E-state index in [-0.39, 0.29) is 5.75 Å². The van der Waals surface area contributed by atoms with Crippen molar-refractivity contribution in [3.8, 4) is 23.0 Å². The third-order valence-corrected chi connectivity index (χ3v) is 6.38. The van der Waals surface area contributed by atoms with Crippen molar-refractivity contribution in [2.45, 2.75) is 25.2 Å². The lowest BCUT2D eigenvalue weighted by Gasteiger charge is -2.34. The number of methoxy groups -OCH3 is 3.